The van der Waals surface area contributed by atoms with E-state index in [1.165, 1.54) is 4.90 Å². The fourth-order valence-electron chi connectivity index (χ4n) is 4.54. The van der Waals surface area contributed by atoms with Crippen LogP contribution in [-0.2, 0) is 17.7 Å². The van der Waals surface area contributed by atoms with Gasteiger partial charge in [0.25, 0.3) is 0 Å². The number of aryl methyl sites for hydroxylation is 1. The maximum atomic E-state index is 12.9. The summed E-state index contributed by atoms with van der Waals surface area (Å²) in [4.78, 5) is 41.4. The molecule has 39 heavy (non-hydrogen) atoms. The van der Waals surface area contributed by atoms with Crippen molar-refractivity contribution in [3.63, 3.8) is 0 Å². The molecule has 0 saturated carbocycles. The lowest BCUT2D eigenvalue weighted by Crippen LogP contribution is -2.42. The molecule has 2 aliphatic heterocycles. The molecule has 1 amide bonds. The van der Waals surface area contributed by atoms with Crippen molar-refractivity contribution in [2.75, 3.05) is 34.8 Å². The molecule has 2 N–H and O–H groups in total. The van der Waals surface area contributed by atoms with E-state index < -0.39 is 17.7 Å². The van der Waals surface area contributed by atoms with Gasteiger partial charge in [-0.1, -0.05) is 11.6 Å². The number of nitrogens with one attached hydrogen (secondary N) is 1. The second-order valence-electron chi connectivity index (χ2n) is 10.4. The summed E-state index contributed by atoms with van der Waals surface area (Å²) in [6.07, 6.45) is 3.64. The number of carbonyl (C=O) groups is 2. The van der Waals surface area contributed by atoms with Crippen molar-refractivity contribution >= 4 is 46.7 Å². The summed E-state index contributed by atoms with van der Waals surface area (Å²) in [7, 11) is 0. The molecule has 1 aromatic carbocycles. The minimum Gasteiger partial charge on any atom is -0.478 e. The van der Waals surface area contributed by atoms with Crippen LogP contribution < -0.4 is 19.9 Å². The Morgan fingerprint density at radius 2 is 1.97 bits per heavy atom. The van der Waals surface area contributed by atoms with Crippen LogP contribution in [0.2, 0.25) is 5.02 Å². The van der Waals surface area contributed by atoms with Gasteiger partial charge in [-0.25, -0.2) is 24.5 Å². The Kier molecular flexibility index (Phi) is 6.94. The van der Waals surface area contributed by atoms with Crippen LogP contribution in [0.15, 0.2) is 30.6 Å². The first-order valence-electron chi connectivity index (χ1n) is 12.5. The van der Waals surface area contributed by atoms with Crippen molar-refractivity contribution in [2.45, 2.75) is 46.3 Å². The summed E-state index contributed by atoms with van der Waals surface area (Å²) in [5.74, 6) is -0.284. The first kappa shape index (κ1) is 26.5. The van der Waals surface area contributed by atoms with Gasteiger partial charge in [0.05, 0.1) is 41.3 Å². The van der Waals surface area contributed by atoms with Gasteiger partial charge in [0.15, 0.2) is 0 Å². The van der Waals surface area contributed by atoms with Crippen molar-refractivity contribution in [1.82, 2.24) is 15.0 Å². The van der Waals surface area contributed by atoms with E-state index in [4.69, 9.17) is 26.1 Å². The number of amides is 1. The zero-order chi connectivity index (χ0) is 27.9. The Morgan fingerprint density at radius 1 is 1.18 bits per heavy atom. The molecule has 0 bridgehead atoms. The lowest BCUT2D eigenvalue weighted by Gasteiger charge is -2.34. The second-order valence-corrected chi connectivity index (χ2v) is 10.8. The van der Waals surface area contributed by atoms with Gasteiger partial charge in [0.1, 0.15) is 17.9 Å². The highest BCUT2D eigenvalue weighted by Crippen LogP contribution is 2.43. The van der Waals surface area contributed by atoms with E-state index in [1.807, 2.05) is 20.8 Å². The van der Waals surface area contributed by atoms with E-state index in [1.54, 1.807) is 37.5 Å². The van der Waals surface area contributed by atoms with E-state index >= 15 is 0 Å². The number of nitrogens with zero attached hydrogens (tertiary/aromatic N) is 5. The van der Waals surface area contributed by atoms with E-state index in [-0.39, 0.29) is 18.1 Å². The predicted octanol–water partition coefficient (Wildman–Crippen LogP) is 4.97. The number of rotatable bonds is 4. The van der Waals surface area contributed by atoms with Crippen molar-refractivity contribution in [1.29, 1.82) is 0 Å². The molecule has 3 aromatic rings. The first-order valence-corrected chi connectivity index (χ1v) is 12.9. The van der Waals surface area contributed by atoms with E-state index in [0.717, 1.165) is 11.3 Å². The standard InChI is InChI=1S/C27H29ClN6O5/c1-15-11-17(5-6-18(15)24(35)36)31-25-30-12-16-7-8-33(14-19(16)32-25)20-13-29-23-22(21(20)28)34(9-10-38-23)26(37)39-27(2,3)4/h5-6,11-13H,7-10,14H2,1-4H3,(H,35,36)(H,30,31,32). The number of aromatic nitrogens is 3. The molecule has 4 heterocycles. The number of pyridine rings is 1. The fourth-order valence-corrected chi connectivity index (χ4v) is 4.89. The second kappa shape index (κ2) is 10.2. The summed E-state index contributed by atoms with van der Waals surface area (Å²) >= 11 is 6.89. The number of anilines is 4. The smallest absolute Gasteiger partial charge is 0.415 e. The number of benzene rings is 1. The molecule has 204 valence electrons. The maximum Gasteiger partial charge on any atom is 0.415 e. The SMILES string of the molecule is Cc1cc(Nc2ncc3c(n2)CN(c2cnc4c(c2Cl)N(C(=O)OC(C)(C)C)CCO4)CC3)ccc1C(=O)O. The average Bonchev–Trinajstić information content (AvgIpc) is 2.87. The lowest BCUT2D eigenvalue weighted by molar-refractivity contribution is 0.0566. The van der Waals surface area contributed by atoms with Crippen LogP contribution in [0.1, 0.15) is 48.0 Å². The quantitative estimate of drug-likeness (QED) is 0.457. The number of hydrogen-bond acceptors (Lipinski definition) is 9. The van der Waals surface area contributed by atoms with Gasteiger partial charge < -0.3 is 24.8 Å². The van der Waals surface area contributed by atoms with Crippen LogP contribution in [0.4, 0.5) is 27.8 Å². The molecule has 0 fully saturated rings. The molecule has 2 aromatic heterocycles. The number of fused-ring (bicyclic) bond motifs is 2. The van der Waals surface area contributed by atoms with Crippen LogP contribution >= 0.6 is 11.6 Å². The Morgan fingerprint density at radius 3 is 2.69 bits per heavy atom. The van der Waals surface area contributed by atoms with E-state index in [9.17, 15) is 14.7 Å². The van der Waals surface area contributed by atoms with Crippen LogP contribution in [0, 0.1) is 6.92 Å². The summed E-state index contributed by atoms with van der Waals surface area (Å²) < 4.78 is 11.3. The molecule has 0 radical (unpaired) electrons. The van der Waals surface area contributed by atoms with E-state index in [2.05, 4.69) is 20.2 Å². The molecule has 0 saturated heterocycles. The molecule has 5 rings (SSSR count). The first-order chi connectivity index (χ1) is 18.5. The van der Waals surface area contributed by atoms with Crippen molar-refractivity contribution in [2.24, 2.45) is 0 Å². The van der Waals surface area contributed by atoms with Gasteiger partial charge in [-0.05, 0) is 63.4 Å². The third-order valence-corrected chi connectivity index (χ3v) is 6.75. The number of carboxylic acids is 1. The number of hydrogen-bond donors (Lipinski definition) is 2. The Balaban J connectivity index is 1.39. The number of halogens is 1. The third kappa shape index (κ3) is 5.53. The van der Waals surface area contributed by atoms with Crippen LogP contribution in [0.3, 0.4) is 0 Å². The maximum absolute atomic E-state index is 12.9. The molecule has 0 spiro atoms. The topological polar surface area (TPSA) is 130 Å². The zero-order valence-electron chi connectivity index (χ0n) is 22.1. The highest BCUT2D eigenvalue weighted by molar-refractivity contribution is 6.36. The van der Waals surface area contributed by atoms with Crippen LogP contribution in [0.25, 0.3) is 0 Å². The van der Waals surface area contributed by atoms with Crippen LogP contribution in [-0.4, -0.2) is 57.4 Å². The van der Waals surface area contributed by atoms with Gasteiger partial charge in [-0.2, -0.15) is 0 Å². The van der Waals surface area contributed by atoms with Crippen molar-refractivity contribution < 1.29 is 24.2 Å². The number of carboxylic acid groups (broad SMARTS) is 1. The average molecular weight is 553 g/mol. The van der Waals surface area contributed by atoms with Crippen LogP contribution in [0.5, 0.6) is 5.88 Å². The highest BCUT2D eigenvalue weighted by atomic mass is 35.5. The Labute approximate surface area is 230 Å². The number of aromatic carboxylic acids is 1. The predicted molar refractivity (Wildman–Crippen MR) is 147 cm³/mol. The largest absolute Gasteiger partial charge is 0.478 e. The van der Waals surface area contributed by atoms with Gasteiger partial charge in [0, 0.05) is 18.4 Å². The minimum atomic E-state index is -0.972. The molecule has 0 unspecified atom stereocenters. The molecule has 11 nitrogen and oxygen atoms in total. The summed E-state index contributed by atoms with van der Waals surface area (Å²) in [5, 5.41) is 12.8. The van der Waals surface area contributed by atoms with Crippen molar-refractivity contribution in [3.05, 3.63) is 58.0 Å². The number of carbonyl (C=O) groups excluding carboxylic acids is 1. The number of ether oxygens (including phenoxy) is 2. The summed E-state index contributed by atoms with van der Waals surface area (Å²) in [6.45, 7) is 8.87. The fraction of sp³-hybridized carbons (Fsp3) is 0.370. The molecule has 0 atom stereocenters. The third-order valence-electron chi connectivity index (χ3n) is 6.38. The molecule has 12 heteroatoms. The Hall–Kier alpha value is -4.12. The monoisotopic (exact) mass is 552 g/mol. The molecule has 0 aliphatic carbocycles. The lowest BCUT2D eigenvalue weighted by atomic mass is 10.1. The van der Waals surface area contributed by atoms with Gasteiger partial charge in [0.2, 0.25) is 11.8 Å². The van der Waals surface area contributed by atoms with Gasteiger partial charge in [-0.15, -0.1) is 0 Å². The van der Waals surface area contributed by atoms with Crippen molar-refractivity contribution in [3.8, 4) is 5.88 Å². The molecule has 2 aliphatic rings. The molecular weight excluding hydrogens is 524 g/mol. The highest BCUT2D eigenvalue weighted by Gasteiger charge is 2.33. The summed E-state index contributed by atoms with van der Waals surface area (Å²) in [5.41, 5.74) is 3.81. The van der Waals surface area contributed by atoms with Gasteiger partial charge in [-0.3, -0.25) is 4.90 Å². The normalized spacial score (nSPS) is 14.7. The minimum absolute atomic E-state index is 0.244. The zero-order valence-corrected chi connectivity index (χ0v) is 22.9. The Bertz CT molecular complexity index is 1460. The van der Waals surface area contributed by atoms with Gasteiger partial charge >= 0.3 is 12.1 Å². The molecular formula is C27H29ClN6O5. The summed E-state index contributed by atoms with van der Waals surface area (Å²) in [6, 6.07) is 4.98. The van der Waals surface area contributed by atoms with E-state index in [0.29, 0.717) is 59.7 Å².